The quantitative estimate of drug-likeness (QED) is 0.858. The van der Waals surface area contributed by atoms with Gasteiger partial charge in [-0.3, -0.25) is 9.48 Å². The molecule has 2 heterocycles. The molecule has 2 atom stereocenters. The van der Waals surface area contributed by atoms with Crippen LogP contribution in [0.25, 0.3) is 0 Å². The minimum absolute atomic E-state index is 0.180. The molecule has 1 aliphatic heterocycles. The molecule has 1 aliphatic rings. The molecular formula is C18H23N3O4. The number of nitrogens with zero attached hydrogens (tertiary/aromatic N) is 3. The first-order valence-corrected chi connectivity index (χ1v) is 8.27. The largest absolute Gasteiger partial charge is 0.497 e. The smallest absolute Gasteiger partial charge is 0.274 e. The number of aromatic nitrogens is 2. The van der Waals surface area contributed by atoms with E-state index in [0.29, 0.717) is 31.8 Å². The highest BCUT2D eigenvalue weighted by Gasteiger charge is 2.36. The molecule has 134 valence electrons. The van der Waals surface area contributed by atoms with Gasteiger partial charge < -0.3 is 19.5 Å². The van der Waals surface area contributed by atoms with E-state index in [1.807, 2.05) is 24.3 Å². The lowest BCUT2D eigenvalue weighted by Crippen LogP contribution is -2.32. The maximum Gasteiger partial charge on any atom is 0.274 e. The van der Waals surface area contributed by atoms with Gasteiger partial charge in [-0.15, -0.1) is 0 Å². The number of methoxy groups -OCH3 is 2. The van der Waals surface area contributed by atoms with E-state index < -0.39 is 6.10 Å². The Morgan fingerprint density at radius 2 is 2.20 bits per heavy atom. The van der Waals surface area contributed by atoms with Gasteiger partial charge in [-0.1, -0.05) is 12.1 Å². The maximum atomic E-state index is 12.9. The summed E-state index contributed by atoms with van der Waals surface area (Å²) in [6, 6.07) is 9.11. The predicted molar refractivity (Wildman–Crippen MR) is 91.5 cm³/mol. The number of β-amino-alcohol motifs (C(OH)–C–C–N with tert-alkyl or cyclic N) is 1. The zero-order valence-electron chi connectivity index (χ0n) is 14.5. The van der Waals surface area contributed by atoms with Gasteiger partial charge in [0.15, 0.2) is 0 Å². The number of amides is 1. The van der Waals surface area contributed by atoms with Crippen LogP contribution in [-0.2, 0) is 11.3 Å². The normalized spacial score (nSPS) is 20.0. The summed E-state index contributed by atoms with van der Waals surface area (Å²) >= 11 is 0. The zero-order valence-corrected chi connectivity index (χ0v) is 14.5. The lowest BCUT2D eigenvalue weighted by molar-refractivity contribution is 0.0708. The SMILES string of the molecule is COCCn1ccc(C(=O)N2C[C@H](O)C[C@H]2c2cccc(OC)c2)n1. The molecule has 7 heteroatoms. The van der Waals surface area contributed by atoms with Crippen LogP contribution in [0.15, 0.2) is 36.5 Å². The van der Waals surface area contributed by atoms with Crippen molar-refractivity contribution in [1.82, 2.24) is 14.7 Å². The Hall–Kier alpha value is -2.38. The maximum absolute atomic E-state index is 12.9. The second kappa shape index (κ2) is 7.67. The van der Waals surface area contributed by atoms with E-state index in [1.165, 1.54) is 0 Å². The highest BCUT2D eigenvalue weighted by Crippen LogP contribution is 2.34. The van der Waals surface area contributed by atoms with Crippen LogP contribution in [0.5, 0.6) is 5.75 Å². The summed E-state index contributed by atoms with van der Waals surface area (Å²) in [4.78, 5) is 14.6. The Labute approximate surface area is 146 Å². The van der Waals surface area contributed by atoms with Crippen LogP contribution in [0.2, 0.25) is 0 Å². The van der Waals surface area contributed by atoms with Gasteiger partial charge >= 0.3 is 0 Å². The number of hydrogen-bond donors (Lipinski definition) is 1. The van der Waals surface area contributed by atoms with E-state index in [1.54, 1.807) is 36.1 Å². The average Bonchev–Trinajstić information content (AvgIpc) is 3.26. The van der Waals surface area contributed by atoms with Crippen LogP contribution in [0.3, 0.4) is 0 Å². The van der Waals surface area contributed by atoms with E-state index in [2.05, 4.69) is 5.10 Å². The number of benzene rings is 1. The number of hydrogen-bond acceptors (Lipinski definition) is 5. The molecule has 1 amide bonds. The zero-order chi connectivity index (χ0) is 17.8. The average molecular weight is 345 g/mol. The van der Waals surface area contributed by atoms with Crippen molar-refractivity contribution in [2.24, 2.45) is 0 Å². The fourth-order valence-corrected chi connectivity index (χ4v) is 3.14. The highest BCUT2D eigenvalue weighted by atomic mass is 16.5. The summed E-state index contributed by atoms with van der Waals surface area (Å²) in [7, 11) is 3.23. The van der Waals surface area contributed by atoms with E-state index in [-0.39, 0.29) is 11.9 Å². The van der Waals surface area contributed by atoms with Crippen molar-refractivity contribution < 1.29 is 19.4 Å². The fraction of sp³-hybridized carbons (Fsp3) is 0.444. The molecule has 0 saturated carbocycles. The van der Waals surface area contributed by atoms with Gasteiger partial charge in [-0.25, -0.2) is 0 Å². The highest BCUT2D eigenvalue weighted by molar-refractivity contribution is 5.92. The van der Waals surface area contributed by atoms with Crippen molar-refractivity contribution >= 4 is 5.91 Å². The number of aliphatic hydroxyl groups is 1. The van der Waals surface area contributed by atoms with Crippen molar-refractivity contribution in [3.8, 4) is 5.75 Å². The standard InChI is InChI=1S/C18H23N3O4/c1-24-9-8-20-7-6-16(19-20)18(23)21-12-14(22)11-17(21)13-4-3-5-15(10-13)25-2/h3-7,10,14,17,22H,8-9,11-12H2,1-2H3/t14-,17+/m1/s1. The summed E-state index contributed by atoms with van der Waals surface area (Å²) in [5.74, 6) is 0.552. The van der Waals surface area contributed by atoms with Gasteiger partial charge in [0.1, 0.15) is 11.4 Å². The Morgan fingerprint density at radius 3 is 2.96 bits per heavy atom. The van der Waals surface area contributed by atoms with E-state index in [0.717, 1.165) is 11.3 Å². The first-order chi connectivity index (χ1) is 12.1. The van der Waals surface area contributed by atoms with E-state index >= 15 is 0 Å². The first kappa shape index (κ1) is 17.4. The molecule has 0 spiro atoms. The Morgan fingerprint density at radius 1 is 1.36 bits per heavy atom. The number of aliphatic hydroxyl groups excluding tert-OH is 1. The van der Waals surface area contributed by atoms with Crippen LogP contribution >= 0.6 is 0 Å². The van der Waals surface area contributed by atoms with Gasteiger partial charge in [0.25, 0.3) is 5.91 Å². The molecule has 2 aromatic rings. The molecular weight excluding hydrogens is 322 g/mol. The molecule has 1 fully saturated rings. The summed E-state index contributed by atoms with van der Waals surface area (Å²) in [6.45, 7) is 1.42. The second-order valence-corrected chi connectivity index (χ2v) is 6.10. The molecule has 1 aromatic heterocycles. The van der Waals surface area contributed by atoms with Crippen LogP contribution in [0.1, 0.15) is 28.5 Å². The topological polar surface area (TPSA) is 76.8 Å². The fourth-order valence-electron chi connectivity index (χ4n) is 3.14. The molecule has 1 saturated heterocycles. The van der Waals surface area contributed by atoms with Crippen LogP contribution < -0.4 is 4.74 Å². The van der Waals surface area contributed by atoms with Crippen LogP contribution in [-0.4, -0.2) is 59.2 Å². The summed E-state index contributed by atoms with van der Waals surface area (Å²) < 4.78 is 12.0. The molecule has 0 bridgehead atoms. The number of likely N-dealkylation sites (tertiary alicyclic amines) is 1. The van der Waals surface area contributed by atoms with Crippen molar-refractivity contribution in [3.05, 3.63) is 47.8 Å². The van der Waals surface area contributed by atoms with Crippen molar-refractivity contribution in [1.29, 1.82) is 0 Å². The van der Waals surface area contributed by atoms with Crippen LogP contribution in [0, 0.1) is 0 Å². The minimum Gasteiger partial charge on any atom is -0.497 e. The molecule has 1 aromatic carbocycles. The lowest BCUT2D eigenvalue weighted by atomic mass is 10.0. The van der Waals surface area contributed by atoms with Gasteiger partial charge in [-0.2, -0.15) is 5.10 Å². The van der Waals surface area contributed by atoms with Crippen LogP contribution in [0.4, 0.5) is 0 Å². The molecule has 0 unspecified atom stereocenters. The summed E-state index contributed by atoms with van der Waals surface area (Å²) in [5, 5.41) is 14.4. The molecule has 0 radical (unpaired) electrons. The molecule has 1 N–H and O–H groups in total. The molecule has 3 rings (SSSR count). The van der Waals surface area contributed by atoms with Gasteiger partial charge in [-0.05, 0) is 30.2 Å². The minimum atomic E-state index is -0.546. The predicted octanol–water partition coefficient (Wildman–Crippen LogP) is 1.49. The monoisotopic (exact) mass is 345 g/mol. The number of carbonyl (C=O) groups is 1. The number of rotatable bonds is 6. The molecule has 7 nitrogen and oxygen atoms in total. The summed E-state index contributed by atoms with van der Waals surface area (Å²) in [6.07, 6.45) is 1.72. The Bertz CT molecular complexity index is 731. The van der Waals surface area contributed by atoms with Gasteiger partial charge in [0, 0.05) is 19.9 Å². The summed E-state index contributed by atoms with van der Waals surface area (Å²) in [5.41, 5.74) is 1.32. The third kappa shape index (κ3) is 3.83. The lowest BCUT2D eigenvalue weighted by Gasteiger charge is -2.24. The van der Waals surface area contributed by atoms with Crippen molar-refractivity contribution in [2.45, 2.75) is 25.1 Å². The third-order valence-electron chi connectivity index (χ3n) is 4.40. The van der Waals surface area contributed by atoms with Crippen molar-refractivity contribution in [3.63, 3.8) is 0 Å². The number of carbonyl (C=O) groups excluding carboxylic acids is 1. The van der Waals surface area contributed by atoms with E-state index in [9.17, 15) is 9.90 Å². The van der Waals surface area contributed by atoms with Crippen molar-refractivity contribution in [2.75, 3.05) is 27.4 Å². The molecule has 25 heavy (non-hydrogen) atoms. The Balaban J connectivity index is 1.81. The Kier molecular flexibility index (Phi) is 5.35. The van der Waals surface area contributed by atoms with Gasteiger partial charge in [0.2, 0.25) is 0 Å². The second-order valence-electron chi connectivity index (χ2n) is 6.10. The number of ether oxygens (including phenoxy) is 2. The van der Waals surface area contributed by atoms with E-state index in [4.69, 9.17) is 9.47 Å². The first-order valence-electron chi connectivity index (χ1n) is 8.27. The third-order valence-corrected chi connectivity index (χ3v) is 4.40. The molecule has 0 aliphatic carbocycles. The van der Waals surface area contributed by atoms with Gasteiger partial charge in [0.05, 0.1) is 32.4 Å².